The van der Waals surface area contributed by atoms with Crippen LogP contribution in [0.25, 0.3) is 11.3 Å². The maximum Gasteiger partial charge on any atom is 0.271 e. The van der Waals surface area contributed by atoms with Crippen molar-refractivity contribution in [1.82, 2.24) is 15.1 Å². The predicted molar refractivity (Wildman–Crippen MR) is 81.3 cm³/mol. The number of nitrogens with one attached hydrogen (secondary N) is 1. The lowest BCUT2D eigenvalue weighted by atomic mass is 10.1. The third-order valence-electron chi connectivity index (χ3n) is 3.66. The molecule has 2 aromatic rings. The van der Waals surface area contributed by atoms with Gasteiger partial charge in [0.2, 0.25) is 0 Å². The Bertz CT molecular complexity index is 705. The van der Waals surface area contributed by atoms with Gasteiger partial charge in [-0.2, -0.15) is 5.10 Å². The monoisotopic (exact) mass is 285 g/mol. The largest absolute Gasteiger partial charge is 0.497 e. The smallest absolute Gasteiger partial charge is 0.271 e. The van der Waals surface area contributed by atoms with E-state index in [1.54, 1.807) is 14.2 Å². The van der Waals surface area contributed by atoms with Gasteiger partial charge in [-0.25, -0.2) is 4.68 Å². The quantitative estimate of drug-likeness (QED) is 0.908. The fourth-order valence-corrected chi connectivity index (χ4v) is 2.26. The molecule has 0 aliphatic heterocycles. The number of ether oxygens (including phenoxy) is 1. The number of rotatable bonds is 5. The summed E-state index contributed by atoms with van der Waals surface area (Å²) in [5.74, 6) is 0.779. The van der Waals surface area contributed by atoms with E-state index in [1.807, 2.05) is 30.3 Å². The van der Waals surface area contributed by atoms with Crippen molar-refractivity contribution >= 4 is 0 Å². The van der Waals surface area contributed by atoms with Gasteiger partial charge >= 0.3 is 0 Å². The highest BCUT2D eigenvalue weighted by Gasteiger charge is 2.21. The average Bonchev–Trinajstić information content (AvgIpc) is 3.33. The van der Waals surface area contributed by atoms with Crippen molar-refractivity contribution in [2.45, 2.75) is 25.4 Å². The summed E-state index contributed by atoms with van der Waals surface area (Å²) < 4.78 is 6.64. The summed E-state index contributed by atoms with van der Waals surface area (Å²) in [5.41, 5.74) is 2.42. The van der Waals surface area contributed by atoms with Gasteiger partial charge in [-0.1, -0.05) is 12.1 Å². The lowest BCUT2D eigenvalue weighted by Crippen LogP contribution is -2.28. The highest BCUT2D eigenvalue weighted by molar-refractivity contribution is 5.61. The summed E-state index contributed by atoms with van der Waals surface area (Å²) in [4.78, 5) is 12.1. The molecule has 1 fully saturated rings. The summed E-state index contributed by atoms with van der Waals surface area (Å²) in [5, 5.41) is 7.72. The van der Waals surface area contributed by atoms with Crippen LogP contribution >= 0.6 is 0 Å². The molecule has 0 radical (unpaired) electrons. The third kappa shape index (κ3) is 3.13. The molecule has 3 rings (SSSR count). The summed E-state index contributed by atoms with van der Waals surface area (Å²) in [6.45, 7) is 0.594. The molecular weight excluding hydrogens is 266 g/mol. The Labute approximate surface area is 123 Å². The van der Waals surface area contributed by atoms with Gasteiger partial charge in [0.1, 0.15) is 5.75 Å². The predicted octanol–water partition coefficient (Wildman–Crippen LogP) is 1.71. The van der Waals surface area contributed by atoms with Crippen molar-refractivity contribution in [2.75, 3.05) is 7.11 Å². The van der Waals surface area contributed by atoms with Gasteiger partial charge in [0.15, 0.2) is 0 Å². The molecular formula is C16H19N3O2. The van der Waals surface area contributed by atoms with Crippen molar-refractivity contribution in [3.05, 3.63) is 46.2 Å². The van der Waals surface area contributed by atoms with E-state index in [-0.39, 0.29) is 5.56 Å². The first-order valence-electron chi connectivity index (χ1n) is 7.12. The highest BCUT2D eigenvalue weighted by Crippen LogP contribution is 2.22. The Kier molecular flexibility index (Phi) is 3.75. The van der Waals surface area contributed by atoms with E-state index in [0.717, 1.165) is 22.6 Å². The van der Waals surface area contributed by atoms with E-state index in [0.29, 0.717) is 12.6 Å². The van der Waals surface area contributed by atoms with Gasteiger partial charge in [-0.15, -0.1) is 0 Å². The number of aryl methyl sites for hydroxylation is 1. The number of methoxy groups -OCH3 is 1. The van der Waals surface area contributed by atoms with Gasteiger partial charge in [-0.05, 0) is 31.0 Å². The Morgan fingerprint density at radius 1 is 1.38 bits per heavy atom. The normalized spacial score (nSPS) is 14.2. The number of hydrogen-bond donors (Lipinski definition) is 1. The van der Waals surface area contributed by atoms with Crippen LogP contribution in [0.1, 0.15) is 18.4 Å². The molecule has 0 spiro atoms. The molecule has 5 heteroatoms. The van der Waals surface area contributed by atoms with Gasteiger partial charge in [0.25, 0.3) is 5.56 Å². The van der Waals surface area contributed by atoms with Crippen LogP contribution < -0.4 is 15.6 Å². The number of nitrogens with zero attached hydrogens (tertiary/aromatic N) is 2. The maximum atomic E-state index is 12.1. The highest BCUT2D eigenvalue weighted by atomic mass is 16.5. The molecule has 1 aromatic carbocycles. The average molecular weight is 285 g/mol. The van der Waals surface area contributed by atoms with Crippen LogP contribution in [0.3, 0.4) is 0 Å². The summed E-state index contributed by atoms with van der Waals surface area (Å²) in [6, 6.07) is 10.1. The van der Waals surface area contributed by atoms with Crippen LogP contribution in [0, 0.1) is 0 Å². The van der Waals surface area contributed by atoms with Crippen LogP contribution in [-0.2, 0) is 13.6 Å². The molecule has 1 heterocycles. The molecule has 0 unspecified atom stereocenters. The van der Waals surface area contributed by atoms with Crippen LogP contribution in [0.4, 0.5) is 0 Å². The number of hydrogen-bond acceptors (Lipinski definition) is 4. The molecule has 1 aliphatic rings. The first kappa shape index (κ1) is 13.8. The lowest BCUT2D eigenvalue weighted by molar-refractivity contribution is 0.415. The first-order chi connectivity index (χ1) is 10.2. The minimum absolute atomic E-state index is 0.0465. The second kappa shape index (κ2) is 5.69. The first-order valence-corrected chi connectivity index (χ1v) is 7.12. The van der Waals surface area contributed by atoms with Gasteiger partial charge in [0.05, 0.1) is 12.8 Å². The zero-order valence-corrected chi connectivity index (χ0v) is 12.3. The van der Waals surface area contributed by atoms with Crippen molar-refractivity contribution in [3.8, 4) is 17.0 Å². The molecule has 0 atom stereocenters. The molecule has 1 N–H and O–H groups in total. The Morgan fingerprint density at radius 3 is 2.90 bits per heavy atom. The van der Waals surface area contributed by atoms with E-state index in [1.165, 1.54) is 17.5 Å². The maximum absolute atomic E-state index is 12.1. The fraction of sp³-hybridized carbons (Fsp3) is 0.375. The third-order valence-corrected chi connectivity index (χ3v) is 3.66. The lowest BCUT2D eigenvalue weighted by Gasteiger charge is -2.09. The van der Waals surface area contributed by atoms with Crippen molar-refractivity contribution in [1.29, 1.82) is 0 Å². The molecule has 1 saturated carbocycles. The SMILES string of the molecule is COc1cccc(-c2cc(CNC3CC3)c(=O)n(C)n2)c1. The van der Waals surface area contributed by atoms with Crippen molar-refractivity contribution in [3.63, 3.8) is 0 Å². The zero-order valence-electron chi connectivity index (χ0n) is 12.3. The zero-order chi connectivity index (χ0) is 14.8. The Morgan fingerprint density at radius 2 is 2.19 bits per heavy atom. The Hall–Kier alpha value is -2.14. The van der Waals surface area contributed by atoms with Crippen LogP contribution in [0.15, 0.2) is 35.1 Å². The molecule has 0 saturated heterocycles. The van der Waals surface area contributed by atoms with E-state index < -0.39 is 0 Å². The minimum Gasteiger partial charge on any atom is -0.497 e. The van der Waals surface area contributed by atoms with Crippen molar-refractivity contribution in [2.24, 2.45) is 7.05 Å². The molecule has 1 aromatic heterocycles. The standard InChI is InChI=1S/C16H19N3O2/c1-19-16(20)12(10-17-13-6-7-13)9-15(18-19)11-4-3-5-14(8-11)21-2/h3-5,8-9,13,17H,6-7,10H2,1-2H3. The Balaban J connectivity index is 1.95. The fourth-order valence-electron chi connectivity index (χ4n) is 2.26. The van der Waals surface area contributed by atoms with Gasteiger partial charge in [0, 0.05) is 30.8 Å². The van der Waals surface area contributed by atoms with Gasteiger partial charge < -0.3 is 10.1 Å². The van der Waals surface area contributed by atoms with E-state index in [2.05, 4.69) is 10.4 Å². The summed E-state index contributed by atoms with van der Waals surface area (Å²) in [6.07, 6.45) is 2.41. The van der Waals surface area contributed by atoms with E-state index in [9.17, 15) is 4.79 Å². The minimum atomic E-state index is -0.0465. The molecule has 110 valence electrons. The topological polar surface area (TPSA) is 56.1 Å². The van der Waals surface area contributed by atoms with E-state index >= 15 is 0 Å². The van der Waals surface area contributed by atoms with Gasteiger partial charge in [-0.3, -0.25) is 4.79 Å². The number of aromatic nitrogens is 2. The van der Waals surface area contributed by atoms with Crippen LogP contribution in [-0.4, -0.2) is 22.9 Å². The van der Waals surface area contributed by atoms with Crippen LogP contribution in [0.2, 0.25) is 0 Å². The molecule has 1 aliphatic carbocycles. The van der Waals surface area contributed by atoms with Crippen LogP contribution in [0.5, 0.6) is 5.75 Å². The van der Waals surface area contributed by atoms with E-state index in [4.69, 9.17) is 4.74 Å². The molecule has 5 nitrogen and oxygen atoms in total. The molecule has 0 amide bonds. The summed E-state index contributed by atoms with van der Waals surface area (Å²) in [7, 11) is 3.32. The molecule has 21 heavy (non-hydrogen) atoms. The summed E-state index contributed by atoms with van der Waals surface area (Å²) >= 11 is 0. The van der Waals surface area contributed by atoms with Crippen molar-refractivity contribution < 1.29 is 4.74 Å². The second-order valence-corrected chi connectivity index (χ2v) is 5.37. The molecule has 0 bridgehead atoms. The second-order valence-electron chi connectivity index (χ2n) is 5.37. The number of benzene rings is 1.